The predicted molar refractivity (Wildman–Crippen MR) is 51.1 cm³/mol. The van der Waals surface area contributed by atoms with Crippen molar-refractivity contribution in [1.82, 2.24) is 0 Å². The zero-order valence-electron chi connectivity index (χ0n) is 8.13. The van der Waals surface area contributed by atoms with Crippen LogP contribution in [0.25, 0.3) is 0 Å². The van der Waals surface area contributed by atoms with Crippen molar-refractivity contribution in [2.45, 2.75) is 25.7 Å². The molecule has 76 valence electrons. The first kappa shape index (κ1) is 9.12. The Morgan fingerprint density at radius 1 is 1.43 bits per heavy atom. The molecule has 0 spiro atoms. The third-order valence-electron chi connectivity index (χ3n) is 2.58. The molecule has 1 aromatic rings. The lowest BCUT2D eigenvalue weighted by atomic mass is 9.97. The molecule has 0 bridgehead atoms. The first-order valence-electron chi connectivity index (χ1n) is 4.72. The molecule has 0 fully saturated rings. The van der Waals surface area contributed by atoms with Crippen LogP contribution in [-0.2, 0) is 17.6 Å². The third kappa shape index (κ3) is 1.27. The van der Waals surface area contributed by atoms with Crippen LogP contribution in [0.15, 0.2) is 4.42 Å². The summed E-state index contributed by atoms with van der Waals surface area (Å²) < 4.78 is 9.97. The van der Waals surface area contributed by atoms with E-state index in [1.807, 2.05) is 0 Å². The molecule has 14 heavy (non-hydrogen) atoms. The molecule has 1 aliphatic rings. The molecular weight excluding hydrogens is 182 g/mol. The number of anilines is 1. The Morgan fingerprint density at radius 2 is 2.14 bits per heavy atom. The molecule has 1 heterocycles. The van der Waals surface area contributed by atoms with Gasteiger partial charge in [0, 0.05) is 12.0 Å². The summed E-state index contributed by atoms with van der Waals surface area (Å²) >= 11 is 0. The van der Waals surface area contributed by atoms with Gasteiger partial charge in [-0.3, -0.25) is 0 Å². The van der Waals surface area contributed by atoms with Gasteiger partial charge in [-0.25, -0.2) is 4.79 Å². The van der Waals surface area contributed by atoms with E-state index in [0.29, 0.717) is 5.69 Å². The van der Waals surface area contributed by atoms with E-state index in [-0.39, 0.29) is 5.76 Å². The minimum atomic E-state index is -0.489. The number of rotatable bonds is 1. The molecule has 0 saturated carbocycles. The van der Waals surface area contributed by atoms with E-state index in [1.54, 1.807) is 0 Å². The number of methoxy groups -OCH3 is 1. The summed E-state index contributed by atoms with van der Waals surface area (Å²) in [5.74, 6) is 0.533. The molecule has 0 radical (unpaired) electrons. The van der Waals surface area contributed by atoms with Crippen LogP contribution in [-0.4, -0.2) is 13.1 Å². The molecule has 0 atom stereocenters. The molecule has 2 N–H and O–H groups in total. The molecule has 1 aliphatic carbocycles. The van der Waals surface area contributed by atoms with Crippen molar-refractivity contribution in [2.75, 3.05) is 12.8 Å². The smallest absolute Gasteiger partial charge is 0.376 e. The molecule has 2 rings (SSSR count). The average Bonchev–Trinajstić information content (AvgIpc) is 2.56. The highest BCUT2D eigenvalue weighted by atomic mass is 16.5. The number of furan rings is 1. The number of carbonyl (C=O) groups excluding carboxylic acids is 1. The number of aryl methyl sites for hydroxylation is 1. The number of carbonyl (C=O) groups is 1. The monoisotopic (exact) mass is 195 g/mol. The maximum atomic E-state index is 11.3. The largest absolute Gasteiger partial charge is 0.463 e. The van der Waals surface area contributed by atoms with E-state index in [2.05, 4.69) is 4.74 Å². The van der Waals surface area contributed by atoms with Crippen LogP contribution in [0.3, 0.4) is 0 Å². The fraction of sp³-hybridized carbons (Fsp3) is 0.500. The molecule has 0 unspecified atom stereocenters. The van der Waals surface area contributed by atoms with Crippen LogP contribution in [0.2, 0.25) is 0 Å². The number of fused-ring (bicyclic) bond motifs is 1. The predicted octanol–water partition coefficient (Wildman–Crippen LogP) is 1.53. The Bertz CT molecular complexity index is 368. The van der Waals surface area contributed by atoms with Crippen LogP contribution < -0.4 is 5.73 Å². The van der Waals surface area contributed by atoms with Gasteiger partial charge in [-0.2, -0.15) is 0 Å². The van der Waals surface area contributed by atoms with E-state index in [9.17, 15) is 4.79 Å². The molecule has 0 saturated heterocycles. The van der Waals surface area contributed by atoms with Gasteiger partial charge in [0.2, 0.25) is 5.76 Å². The van der Waals surface area contributed by atoms with Gasteiger partial charge in [0.05, 0.1) is 12.8 Å². The lowest BCUT2D eigenvalue weighted by Crippen LogP contribution is -2.04. The van der Waals surface area contributed by atoms with Gasteiger partial charge in [0.15, 0.2) is 0 Å². The van der Waals surface area contributed by atoms with Crippen molar-refractivity contribution in [3.05, 3.63) is 17.1 Å². The summed E-state index contributed by atoms with van der Waals surface area (Å²) in [6.07, 6.45) is 3.98. The Morgan fingerprint density at radius 3 is 2.79 bits per heavy atom. The highest BCUT2D eigenvalue weighted by Crippen LogP contribution is 2.31. The standard InChI is InChI=1S/C10H13NO3/c1-13-10(12)9-8(11)6-4-2-3-5-7(6)14-9/h2-5,11H2,1H3. The van der Waals surface area contributed by atoms with Crippen LogP contribution in [0, 0.1) is 0 Å². The third-order valence-corrected chi connectivity index (χ3v) is 2.58. The van der Waals surface area contributed by atoms with Gasteiger partial charge < -0.3 is 14.9 Å². The van der Waals surface area contributed by atoms with Crippen molar-refractivity contribution in [2.24, 2.45) is 0 Å². The molecule has 4 nitrogen and oxygen atoms in total. The Kier molecular flexibility index (Phi) is 2.19. The van der Waals surface area contributed by atoms with Crippen molar-refractivity contribution < 1.29 is 13.9 Å². The van der Waals surface area contributed by atoms with E-state index in [0.717, 1.165) is 37.0 Å². The number of ether oxygens (including phenoxy) is 1. The van der Waals surface area contributed by atoms with Crippen molar-refractivity contribution in [1.29, 1.82) is 0 Å². The van der Waals surface area contributed by atoms with Gasteiger partial charge in [-0.15, -0.1) is 0 Å². The first-order chi connectivity index (χ1) is 6.74. The number of nitrogens with two attached hydrogens (primary N) is 1. The second kappa shape index (κ2) is 3.36. The number of hydrogen-bond acceptors (Lipinski definition) is 4. The second-order valence-electron chi connectivity index (χ2n) is 3.45. The van der Waals surface area contributed by atoms with E-state index in [4.69, 9.17) is 10.2 Å². The van der Waals surface area contributed by atoms with Gasteiger partial charge in [-0.05, 0) is 19.3 Å². The molecule has 0 aliphatic heterocycles. The number of esters is 1. The summed E-state index contributed by atoms with van der Waals surface area (Å²) in [6, 6.07) is 0. The van der Waals surface area contributed by atoms with E-state index in [1.165, 1.54) is 7.11 Å². The van der Waals surface area contributed by atoms with Crippen molar-refractivity contribution >= 4 is 11.7 Å². The zero-order valence-corrected chi connectivity index (χ0v) is 8.13. The van der Waals surface area contributed by atoms with Crippen LogP contribution in [0.4, 0.5) is 5.69 Å². The first-order valence-corrected chi connectivity index (χ1v) is 4.72. The van der Waals surface area contributed by atoms with Gasteiger partial charge >= 0.3 is 5.97 Å². The number of nitrogen functional groups attached to an aromatic ring is 1. The van der Waals surface area contributed by atoms with Crippen molar-refractivity contribution in [3.63, 3.8) is 0 Å². The fourth-order valence-electron chi connectivity index (χ4n) is 1.83. The lowest BCUT2D eigenvalue weighted by Gasteiger charge is -2.08. The minimum Gasteiger partial charge on any atom is -0.463 e. The minimum absolute atomic E-state index is 0.166. The zero-order chi connectivity index (χ0) is 10.1. The van der Waals surface area contributed by atoms with Gasteiger partial charge in [0.1, 0.15) is 5.76 Å². The molecular formula is C10H13NO3. The van der Waals surface area contributed by atoms with E-state index < -0.39 is 5.97 Å². The fourth-order valence-corrected chi connectivity index (χ4v) is 1.83. The Balaban J connectivity index is 2.43. The second-order valence-corrected chi connectivity index (χ2v) is 3.45. The topological polar surface area (TPSA) is 65.5 Å². The highest BCUT2D eigenvalue weighted by molar-refractivity contribution is 5.93. The Hall–Kier alpha value is -1.45. The molecule has 4 heteroatoms. The molecule has 1 aromatic heterocycles. The highest BCUT2D eigenvalue weighted by Gasteiger charge is 2.24. The SMILES string of the molecule is COC(=O)c1oc2c(c1N)CCCC2. The van der Waals surface area contributed by atoms with Crippen LogP contribution in [0.5, 0.6) is 0 Å². The Labute approximate surface area is 82.0 Å². The number of hydrogen-bond donors (Lipinski definition) is 1. The summed E-state index contributed by atoms with van der Waals surface area (Å²) in [5, 5.41) is 0. The molecule has 0 aromatic carbocycles. The summed E-state index contributed by atoms with van der Waals surface area (Å²) in [4.78, 5) is 11.3. The summed E-state index contributed by atoms with van der Waals surface area (Å²) in [5.41, 5.74) is 7.27. The van der Waals surface area contributed by atoms with E-state index >= 15 is 0 Å². The normalized spacial score (nSPS) is 14.9. The average molecular weight is 195 g/mol. The summed E-state index contributed by atoms with van der Waals surface area (Å²) in [7, 11) is 1.32. The van der Waals surface area contributed by atoms with Crippen LogP contribution >= 0.6 is 0 Å². The van der Waals surface area contributed by atoms with Crippen LogP contribution in [0.1, 0.15) is 34.7 Å². The maximum absolute atomic E-state index is 11.3. The van der Waals surface area contributed by atoms with Gasteiger partial charge in [0.25, 0.3) is 0 Å². The quantitative estimate of drug-likeness (QED) is 0.690. The summed E-state index contributed by atoms with van der Waals surface area (Å²) in [6.45, 7) is 0. The van der Waals surface area contributed by atoms with Crippen molar-refractivity contribution in [3.8, 4) is 0 Å². The molecule has 0 amide bonds. The van der Waals surface area contributed by atoms with Gasteiger partial charge in [-0.1, -0.05) is 0 Å². The maximum Gasteiger partial charge on any atom is 0.376 e. The lowest BCUT2D eigenvalue weighted by molar-refractivity contribution is 0.0564.